The Bertz CT molecular complexity index is 415. The molecule has 2 heteroatoms. The number of anilines is 1. The predicted octanol–water partition coefficient (Wildman–Crippen LogP) is 2.63. The van der Waals surface area contributed by atoms with Gasteiger partial charge in [0.2, 0.25) is 0 Å². The zero-order valence-corrected chi connectivity index (χ0v) is 7.83. The van der Waals surface area contributed by atoms with Crippen molar-refractivity contribution in [2.75, 3.05) is 5.73 Å². The average molecular weight is 174 g/mol. The zero-order valence-electron chi connectivity index (χ0n) is 7.83. The molecule has 0 fully saturated rings. The first-order valence-corrected chi connectivity index (χ1v) is 4.66. The summed E-state index contributed by atoms with van der Waals surface area (Å²) in [6.07, 6.45) is 3.16. The van der Waals surface area contributed by atoms with Crippen molar-refractivity contribution >= 4 is 16.6 Å². The van der Waals surface area contributed by atoms with Crippen LogP contribution in [0.5, 0.6) is 0 Å². The average Bonchev–Trinajstić information content (AvgIpc) is 2.46. The third-order valence-corrected chi connectivity index (χ3v) is 2.28. The van der Waals surface area contributed by atoms with E-state index in [1.807, 2.05) is 18.3 Å². The number of nitrogens with two attached hydrogens (primary N) is 1. The molecule has 0 aliphatic carbocycles. The third kappa shape index (κ3) is 1.28. The van der Waals surface area contributed by atoms with Crippen LogP contribution in [0.1, 0.15) is 13.3 Å². The molecule has 2 aromatic rings. The van der Waals surface area contributed by atoms with Gasteiger partial charge in [0.15, 0.2) is 0 Å². The van der Waals surface area contributed by atoms with Crippen LogP contribution in [-0.2, 0) is 6.54 Å². The van der Waals surface area contributed by atoms with Gasteiger partial charge in [0.25, 0.3) is 0 Å². The van der Waals surface area contributed by atoms with E-state index in [9.17, 15) is 0 Å². The van der Waals surface area contributed by atoms with Crippen LogP contribution in [0, 0.1) is 0 Å². The van der Waals surface area contributed by atoms with Crippen molar-refractivity contribution in [2.45, 2.75) is 19.9 Å². The summed E-state index contributed by atoms with van der Waals surface area (Å²) < 4.78 is 2.21. The van der Waals surface area contributed by atoms with Crippen molar-refractivity contribution in [1.82, 2.24) is 4.57 Å². The molecule has 0 amide bonds. The number of nitrogen functional groups attached to an aromatic ring is 1. The topological polar surface area (TPSA) is 30.9 Å². The van der Waals surface area contributed by atoms with Gasteiger partial charge in [-0.1, -0.05) is 25.1 Å². The summed E-state index contributed by atoms with van der Waals surface area (Å²) in [4.78, 5) is 0. The highest BCUT2D eigenvalue weighted by molar-refractivity contribution is 5.91. The third-order valence-electron chi connectivity index (χ3n) is 2.28. The number of hydrogen-bond donors (Lipinski definition) is 1. The van der Waals surface area contributed by atoms with Gasteiger partial charge in [-0.25, -0.2) is 0 Å². The van der Waals surface area contributed by atoms with Crippen molar-refractivity contribution in [2.24, 2.45) is 0 Å². The summed E-state index contributed by atoms with van der Waals surface area (Å²) in [5, 5.41) is 1.16. The van der Waals surface area contributed by atoms with Crippen molar-refractivity contribution in [3.8, 4) is 0 Å². The molecule has 0 aliphatic rings. The molecule has 2 rings (SSSR count). The molecule has 1 heterocycles. The minimum atomic E-state index is 0.879. The van der Waals surface area contributed by atoms with E-state index in [0.717, 1.165) is 24.0 Å². The summed E-state index contributed by atoms with van der Waals surface area (Å²) in [5.74, 6) is 0. The number of aryl methyl sites for hydroxylation is 1. The molecule has 13 heavy (non-hydrogen) atoms. The molecule has 0 aliphatic heterocycles. The number of para-hydroxylation sites is 1. The fraction of sp³-hybridized carbons (Fsp3) is 0.273. The van der Waals surface area contributed by atoms with E-state index in [1.54, 1.807) is 0 Å². The molecule has 1 aromatic carbocycles. The predicted molar refractivity (Wildman–Crippen MR) is 56.6 cm³/mol. The Morgan fingerprint density at radius 3 is 2.85 bits per heavy atom. The first kappa shape index (κ1) is 8.17. The lowest BCUT2D eigenvalue weighted by atomic mass is 10.2. The second-order valence-electron chi connectivity index (χ2n) is 3.29. The minimum absolute atomic E-state index is 0.879. The highest BCUT2D eigenvalue weighted by Crippen LogP contribution is 2.22. The van der Waals surface area contributed by atoms with Crippen LogP contribution in [0.3, 0.4) is 0 Å². The second kappa shape index (κ2) is 3.13. The van der Waals surface area contributed by atoms with Crippen molar-refractivity contribution < 1.29 is 0 Å². The van der Waals surface area contributed by atoms with E-state index in [1.165, 1.54) is 5.52 Å². The first-order valence-electron chi connectivity index (χ1n) is 4.66. The van der Waals surface area contributed by atoms with Gasteiger partial charge in [-0.2, -0.15) is 0 Å². The van der Waals surface area contributed by atoms with Crippen molar-refractivity contribution in [3.63, 3.8) is 0 Å². The van der Waals surface area contributed by atoms with E-state index in [2.05, 4.69) is 23.6 Å². The molecule has 0 radical (unpaired) electrons. The lowest BCUT2D eigenvalue weighted by molar-refractivity contribution is 0.704. The Morgan fingerprint density at radius 2 is 2.08 bits per heavy atom. The van der Waals surface area contributed by atoms with Crippen LogP contribution in [0.15, 0.2) is 30.5 Å². The van der Waals surface area contributed by atoms with Crippen LogP contribution in [0.25, 0.3) is 10.9 Å². The minimum Gasteiger partial charge on any atom is -0.397 e. The number of hydrogen-bond acceptors (Lipinski definition) is 1. The lowest BCUT2D eigenvalue weighted by Crippen LogP contribution is -1.93. The molecule has 0 bridgehead atoms. The number of aromatic nitrogens is 1. The van der Waals surface area contributed by atoms with Crippen LogP contribution in [-0.4, -0.2) is 4.57 Å². The van der Waals surface area contributed by atoms with Gasteiger partial charge in [-0.3, -0.25) is 0 Å². The van der Waals surface area contributed by atoms with Crippen LogP contribution >= 0.6 is 0 Å². The lowest BCUT2D eigenvalue weighted by Gasteiger charge is -2.00. The normalized spacial score (nSPS) is 10.8. The fourth-order valence-corrected chi connectivity index (χ4v) is 1.70. The fourth-order valence-electron chi connectivity index (χ4n) is 1.70. The molecular weight excluding hydrogens is 160 g/mol. The molecule has 0 atom stereocenters. The number of rotatable bonds is 2. The van der Waals surface area contributed by atoms with Gasteiger partial charge in [0, 0.05) is 18.1 Å². The largest absolute Gasteiger partial charge is 0.397 e. The standard InChI is InChI=1S/C11H14N2/c1-2-7-13-8-10(12)9-5-3-4-6-11(9)13/h3-6,8H,2,7,12H2,1H3. The molecule has 0 spiro atoms. The molecule has 68 valence electrons. The van der Waals surface area contributed by atoms with E-state index in [-0.39, 0.29) is 0 Å². The summed E-state index contributed by atoms with van der Waals surface area (Å²) in [6, 6.07) is 8.25. The smallest absolute Gasteiger partial charge is 0.0573 e. The van der Waals surface area contributed by atoms with Gasteiger partial charge in [-0.05, 0) is 12.5 Å². The Kier molecular flexibility index (Phi) is 1.97. The second-order valence-corrected chi connectivity index (χ2v) is 3.29. The Balaban J connectivity index is 2.63. The summed E-state index contributed by atoms with van der Waals surface area (Å²) >= 11 is 0. The van der Waals surface area contributed by atoms with E-state index < -0.39 is 0 Å². The maximum Gasteiger partial charge on any atom is 0.0573 e. The Hall–Kier alpha value is -1.44. The molecule has 2 N–H and O–H groups in total. The molecule has 0 unspecified atom stereocenters. The molecule has 2 nitrogen and oxygen atoms in total. The summed E-state index contributed by atoms with van der Waals surface area (Å²) in [5.41, 5.74) is 8.00. The van der Waals surface area contributed by atoms with Crippen molar-refractivity contribution in [3.05, 3.63) is 30.5 Å². The summed E-state index contributed by atoms with van der Waals surface area (Å²) in [7, 11) is 0. The van der Waals surface area contributed by atoms with Gasteiger partial charge in [0.05, 0.1) is 11.2 Å². The van der Waals surface area contributed by atoms with Gasteiger partial charge in [-0.15, -0.1) is 0 Å². The van der Waals surface area contributed by atoms with E-state index in [0.29, 0.717) is 0 Å². The summed E-state index contributed by atoms with van der Waals surface area (Å²) in [6.45, 7) is 3.21. The van der Waals surface area contributed by atoms with Gasteiger partial charge < -0.3 is 10.3 Å². The number of benzene rings is 1. The Morgan fingerprint density at radius 1 is 1.31 bits per heavy atom. The number of fused-ring (bicyclic) bond motifs is 1. The Labute approximate surface area is 78.0 Å². The van der Waals surface area contributed by atoms with Crippen LogP contribution < -0.4 is 5.73 Å². The van der Waals surface area contributed by atoms with E-state index in [4.69, 9.17) is 5.73 Å². The van der Waals surface area contributed by atoms with Gasteiger partial charge in [0.1, 0.15) is 0 Å². The highest BCUT2D eigenvalue weighted by atomic mass is 15.0. The molecule has 0 saturated heterocycles. The maximum absolute atomic E-state index is 5.89. The van der Waals surface area contributed by atoms with E-state index >= 15 is 0 Å². The van der Waals surface area contributed by atoms with Crippen molar-refractivity contribution in [1.29, 1.82) is 0 Å². The SMILES string of the molecule is CCCn1cc(N)c2ccccc21. The highest BCUT2D eigenvalue weighted by Gasteiger charge is 2.02. The van der Waals surface area contributed by atoms with Gasteiger partial charge >= 0.3 is 0 Å². The van der Waals surface area contributed by atoms with Crippen LogP contribution in [0.4, 0.5) is 5.69 Å². The quantitative estimate of drug-likeness (QED) is 0.745. The molecule has 0 saturated carbocycles. The van der Waals surface area contributed by atoms with Crippen LogP contribution in [0.2, 0.25) is 0 Å². The number of nitrogens with zero attached hydrogens (tertiary/aromatic N) is 1. The zero-order chi connectivity index (χ0) is 9.26. The first-order chi connectivity index (χ1) is 6.33. The monoisotopic (exact) mass is 174 g/mol. The molecule has 1 aromatic heterocycles. The maximum atomic E-state index is 5.89. The molecular formula is C11H14N2.